The van der Waals surface area contributed by atoms with Crippen LogP contribution in [0.2, 0.25) is 0 Å². The first-order chi connectivity index (χ1) is 17.0. The van der Waals surface area contributed by atoms with Crippen LogP contribution in [-0.4, -0.2) is 27.6 Å². The molecule has 1 N–H and O–H groups in total. The highest BCUT2D eigenvalue weighted by molar-refractivity contribution is 6.00. The predicted octanol–water partition coefficient (Wildman–Crippen LogP) is 4.35. The number of carbonyl (C=O) groups excluding carboxylic acids is 1. The Morgan fingerprint density at radius 3 is 2.77 bits per heavy atom. The van der Waals surface area contributed by atoms with Gasteiger partial charge in [0.05, 0.1) is 36.2 Å². The normalized spacial score (nSPS) is 14.4. The third-order valence-corrected chi connectivity index (χ3v) is 6.99. The molecule has 2 aliphatic heterocycles. The second kappa shape index (κ2) is 8.13. The molecule has 6 rings (SSSR count). The quantitative estimate of drug-likeness (QED) is 0.386. The van der Waals surface area contributed by atoms with Crippen LogP contribution in [0.1, 0.15) is 41.7 Å². The minimum absolute atomic E-state index is 0.204. The van der Waals surface area contributed by atoms with Crippen LogP contribution in [0.15, 0.2) is 47.3 Å². The molecule has 0 spiro atoms. The molecule has 1 unspecified atom stereocenters. The van der Waals surface area contributed by atoms with E-state index in [0.717, 1.165) is 51.6 Å². The van der Waals surface area contributed by atoms with E-state index in [9.17, 15) is 19.1 Å². The van der Waals surface area contributed by atoms with Crippen LogP contribution in [0.25, 0.3) is 33.4 Å². The summed E-state index contributed by atoms with van der Waals surface area (Å²) in [4.78, 5) is 29.5. The highest BCUT2D eigenvalue weighted by Crippen LogP contribution is 2.43. The molecule has 0 saturated heterocycles. The third kappa shape index (κ3) is 3.38. The van der Waals surface area contributed by atoms with Crippen molar-refractivity contribution in [2.75, 3.05) is 6.61 Å². The van der Waals surface area contributed by atoms with Crippen molar-refractivity contribution >= 4 is 17.2 Å². The van der Waals surface area contributed by atoms with Crippen LogP contribution in [0, 0.1) is 5.82 Å². The molecule has 35 heavy (non-hydrogen) atoms. The molecule has 4 heterocycles. The molecule has 0 amide bonds. The van der Waals surface area contributed by atoms with Crippen molar-refractivity contribution in [2.24, 2.45) is 0 Å². The standard InChI is InChI=1S/C28H23FN2O4/c1-15(33)20-12-24-27-22(14-31(24)28(34)19(20)3-2-9-32)26(16-4-6-18(29)7-5-16)21-11-17-8-10-35-25(17)13-23(21)30-27/h4-7,9,11-13,15,33H,2-3,8,10,14H2,1H3. The number of halogens is 1. The van der Waals surface area contributed by atoms with E-state index < -0.39 is 6.10 Å². The van der Waals surface area contributed by atoms with Crippen LogP contribution in [0.4, 0.5) is 4.39 Å². The molecule has 7 heteroatoms. The van der Waals surface area contributed by atoms with Gasteiger partial charge in [-0.3, -0.25) is 4.79 Å². The van der Waals surface area contributed by atoms with E-state index in [2.05, 4.69) is 6.07 Å². The topological polar surface area (TPSA) is 81.4 Å². The second-order valence-corrected chi connectivity index (χ2v) is 9.13. The van der Waals surface area contributed by atoms with Gasteiger partial charge in [0.1, 0.15) is 17.9 Å². The number of benzene rings is 2. The van der Waals surface area contributed by atoms with Gasteiger partial charge in [0.15, 0.2) is 0 Å². The number of rotatable bonds is 5. The number of aldehydes is 1. The summed E-state index contributed by atoms with van der Waals surface area (Å²) in [6, 6.07) is 12.2. The number of aromatic nitrogens is 2. The maximum absolute atomic E-state index is 13.8. The maximum atomic E-state index is 13.8. The Bertz CT molecular complexity index is 1570. The first-order valence-corrected chi connectivity index (χ1v) is 11.7. The van der Waals surface area contributed by atoms with E-state index in [1.807, 2.05) is 12.1 Å². The fraction of sp³-hybridized carbons (Fsp3) is 0.250. The van der Waals surface area contributed by atoms with Crippen molar-refractivity contribution in [1.29, 1.82) is 0 Å². The van der Waals surface area contributed by atoms with E-state index in [4.69, 9.17) is 9.72 Å². The lowest BCUT2D eigenvalue weighted by atomic mass is 9.93. The number of fused-ring (bicyclic) bond motifs is 5. The van der Waals surface area contributed by atoms with Gasteiger partial charge in [-0.05, 0) is 59.9 Å². The number of hydrogen-bond acceptors (Lipinski definition) is 5. The van der Waals surface area contributed by atoms with Gasteiger partial charge in [0.2, 0.25) is 0 Å². The molecule has 0 bridgehead atoms. The Morgan fingerprint density at radius 1 is 1.23 bits per heavy atom. The lowest BCUT2D eigenvalue weighted by Gasteiger charge is -2.15. The zero-order valence-corrected chi connectivity index (χ0v) is 19.2. The van der Waals surface area contributed by atoms with Gasteiger partial charge in [-0.2, -0.15) is 0 Å². The number of nitrogens with zero attached hydrogens (tertiary/aromatic N) is 2. The van der Waals surface area contributed by atoms with E-state index in [0.29, 0.717) is 35.7 Å². The summed E-state index contributed by atoms with van der Waals surface area (Å²) in [5, 5.41) is 11.4. The number of aliphatic hydroxyl groups is 1. The van der Waals surface area contributed by atoms with E-state index in [1.54, 1.807) is 23.6 Å². The van der Waals surface area contributed by atoms with Gasteiger partial charge in [-0.25, -0.2) is 9.37 Å². The summed E-state index contributed by atoms with van der Waals surface area (Å²) < 4.78 is 21.2. The zero-order valence-electron chi connectivity index (χ0n) is 19.2. The molecule has 0 fully saturated rings. The van der Waals surface area contributed by atoms with Gasteiger partial charge in [-0.15, -0.1) is 0 Å². The first-order valence-electron chi connectivity index (χ1n) is 11.7. The lowest BCUT2D eigenvalue weighted by molar-refractivity contribution is -0.107. The van der Waals surface area contributed by atoms with Crippen molar-refractivity contribution in [3.8, 4) is 28.3 Å². The Kier molecular flexibility index (Phi) is 5.04. The fourth-order valence-electron chi connectivity index (χ4n) is 5.34. The molecule has 6 nitrogen and oxygen atoms in total. The number of aliphatic hydroxyl groups excluding tert-OH is 1. The molecular weight excluding hydrogens is 447 g/mol. The summed E-state index contributed by atoms with van der Waals surface area (Å²) in [6.45, 7) is 2.54. The lowest BCUT2D eigenvalue weighted by Crippen LogP contribution is -2.25. The number of carbonyl (C=O) groups is 1. The molecule has 2 aliphatic rings. The molecule has 0 aliphatic carbocycles. The predicted molar refractivity (Wildman–Crippen MR) is 130 cm³/mol. The number of ether oxygens (including phenoxy) is 1. The van der Waals surface area contributed by atoms with E-state index in [-0.39, 0.29) is 24.2 Å². The summed E-state index contributed by atoms with van der Waals surface area (Å²) in [5.41, 5.74) is 6.49. The maximum Gasteiger partial charge on any atom is 0.254 e. The SMILES string of the molecule is CC(O)c1cc2n(c(=O)c1CCC=O)Cc1c-2nc2cc3c(cc2c1-c1ccc(F)cc1)CCO3. The van der Waals surface area contributed by atoms with Crippen LogP contribution in [-0.2, 0) is 24.2 Å². The van der Waals surface area contributed by atoms with Gasteiger partial charge in [0.25, 0.3) is 5.56 Å². The Balaban J connectivity index is 1.66. The van der Waals surface area contributed by atoms with Crippen molar-refractivity contribution in [1.82, 2.24) is 9.55 Å². The fourth-order valence-corrected chi connectivity index (χ4v) is 5.34. The first kappa shape index (κ1) is 21.7. The van der Waals surface area contributed by atoms with Crippen molar-refractivity contribution in [2.45, 2.75) is 38.8 Å². The average Bonchev–Trinajstić information content (AvgIpc) is 3.45. The highest BCUT2D eigenvalue weighted by Gasteiger charge is 2.30. The molecular formula is C28H23FN2O4. The van der Waals surface area contributed by atoms with Crippen molar-refractivity contribution < 1.29 is 19.0 Å². The molecule has 2 aromatic carbocycles. The Labute approximate surface area is 200 Å². The molecule has 1 atom stereocenters. The van der Waals surface area contributed by atoms with Gasteiger partial charge in [0, 0.05) is 35.4 Å². The van der Waals surface area contributed by atoms with Gasteiger partial charge < -0.3 is 19.2 Å². The van der Waals surface area contributed by atoms with E-state index in [1.165, 1.54) is 12.1 Å². The van der Waals surface area contributed by atoms with Crippen molar-refractivity contribution in [3.05, 3.63) is 80.9 Å². The van der Waals surface area contributed by atoms with Crippen LogP contribution in [0.5, 0.6) is 5.75 Å². The average molecular weight is 471 g/mol. The largest absolute Gasteiger partial charge is 0.493 e. The highest BCUT2D eigenvalue weighted by atomic mass is 19.1. The second-order valence-electron chi connectivity index (χ2n) is 9.13. The molecule has 2 aromatic heterocycles. The van der Waals surface area contributed by atoms with Crippen LogP contribution < -0.4 is 10.3 Å². The monoisotopic (exact) mass is 470 g/mol. The minimum Gasteiger partial charge on any atom is -0.493 e. The summed E-state index contributed by atoms with van der Waals surface area (Å²) in [6.07, 6.45) is 1.19. The molecule has 4 aromatic rings. The van der Waals surface area contributed by atoms with Crippen LogP contribution >= 0.6 is 0 Å². The third-order valence-electron chi connectivity index (χ3n) is 6.99. The summed E-state index contributed by atoms with van der Waals surface area (Å²) >= 11 is 0. The van der Waals surface area contributed by atoms with Gasteiger partial charge in [-0.1, -0.05) is 12.1 Å². The van der Waals surface area contributed by atoms with E-state index >= 15 is 0 Å². The summed E-state index contributed by atoms with van der Waals surface area (Å²) in [7, 11) is 0. The molecule has 176 valence electrons. The molecule has 0 saturated carbocycles. The zero-order chi connectivity index (χ0) is 24.3. The number of hydrogen-bond donors (Lipinski definition) is 1. The Hall–Kier alpha value is -3.84. The smallest absolute Gasteiger partial charge is 0.254 e. The minimum atomic E-state index is -0.868. The van der Waals surface area contributed by atoms with Gasteiger partial charge >= 0.3 is 0 Å². The van der Waals surface area contributed by atoms with Crippen LogP contribution in [0.3, 0.4) is 0 Å². The summed E-state index contributed by atoms with van der Waals surface area (Å²) in [5.74, 6) is 0.484. The number of pyridine rings is 2. The Morgan fingerprint density at radius 2 is 2.03 bits per heavy atom. The molecule has 0 radical (unpaired) electrons. The van der Waals surface area contributed by atoms with Crippen molar-refractivity contribution in [3.63, 3.8) is 0 Å².